The van der Waals surface area contributed by atoms with Gasteiger partial charge in [0, 0.05) is 0 Å². The Kier molecular flexibility index (Phi) is 4.05. The van der Waals surface area contributed by atoms with Gasteiger partial charge in [-0.1, -0.05) is 0 Å². The number of rotatable bonds is 3. The van der Waals surface area contributed by atoms with E-state index in [4.69, 9.17) is 9.84 Å². The van der Waals surface area contributed by atoms with Crippen molar-refractivity contribution >= 4 is 26.4 Å². The summed E-state index contributed by atoms with van der Waals surface area (Å²) < 4.78 is 6.39. The molecular formula is C14H17N2O4Se. The number of aliphatic hydroxyl groups is 3. The molecule has 2 heterocycles. The Balaban J connectivity index is 1.88. The molecule has 113 valence electrons. The summed E-state index contributed by atoms with van der Waals surface area (Å²) in [6.45, 7) is 1.55. The van der Waals surface area contributed by atoms with E-state index in [0.29, 0.717) is 4.73 Å². The van der Waals surface area contributed by atoms with E-state index in [9.17, 15) is 10.2 Å². The zero-order valence-corrected chi connectivity index (χ0v) is 13.2. The molecule has 1 fully saturated rings. The van der Waals surface area contributed by atoms with E-state index in [1.807, 2.05) is 36.1 Å². The molecule has 1 radical (unpaired) electrons. The van der Waals surface area contributed by atoms with Crippen molar-refractivity contribution in [3.63, 3.8) is 0 Å². The molecule has 5 atom stereocenters. The summed E-state index contributed by atoms with van der Waals surface area (Å²) in [5, 5.41) is 29.0. The van der Waals surface area contributed by atoms with E-state index < -0.39 is 37.2 Å². The van der Waals surface area contributed by atoms with Gasteiger partial charge in [-0.3, -0.25) is 0 Å². The van der Waals surface area contributed by atoms with E-state index in [2.05, 4.69) is 21.0 Å². The van der Waals surface area contributed by atoms with Crippen LogP contribution >= 0.6 is 0 Å². The first kappa shape index (κ1) is 15.0. The van der Waals surface area contributed by atoms with E-state index in [-0.39, 0.29) is 0 Å². The molecule has 0 aromatic heterocycles. The molecule has 0 saturated carbocycles. The van der Waals surface area contributed by atoms with Crippen LogP contribution < -0.4 is 4.90 Å². The average molecular weight is 356 g/mol. The second kappa shape index (κ2) is 5.68. The van der Waals surface area contributed by atoms with Crippen molar-refractivity contribution < 1.29 is 20.1 Å². The number of ether oxygens (including phenoxy) is 1. The Morgan fingerprint density at radius 2 is 2.05 bits per heavy atom. The van der Waals surface area contributed by atoms with Crippen LogP contribution in [0, 0.1) is 6.92 Å². The van der Waals surface area contributed by atoms with Crippen molar-refractivity contribution in [3.05, 3.63) is 29.8 Å². The standard InChI is InChI=1S/C14H17N2O4Se/c1-7-2-4-8(5-3-7)16-13-10(15-14(16)21)11(19)12(20-13)9(18)6-17/h2-5,9-13,17-19H,6H2,1H3/t9-,10-,11-,12-,13+/m1/s1. The Labute approximate surface area is 130 Å². The molecule has 0 aliphatic carbocycles. The molecule has 21 heavy (non-hydrogen) atoms. The topological polar surface area (TPSA) is 85.5 Å². The molecule has 6 nitrogen and oxygen atoms in total. The third-order valence-electron chi connectivity index (χ3n) is 3.87. The van der Waals surface area contributed by atoms with E-state index in [1.54, 1.807) is 0 Å². The fourth-order valence-corrected chi connectivity index (χ4v) is 3.42. The normalized spacial score (nSPS) is 33.0. The third kappa shape index (κ3) is 2.50. The van der Waals surface area contributed by atoms with Gasteiger partial charge < -0.3 is 0 Å². The Hall–Kier alpha value is -0.951. The second-order valence-electron chi connectivity index (χ2n) is 5.34. The molecule has 3 rings (SSSR count). The van der Waals surface area contributed by atoms with Crippen molar-refractivity contribution in [1.29, 1.82) is 0 Å². The SMILES string of the molecule is Cc1ccc(N2C([Se])=N[C@@H]3[C@@H](O)[C@@H]([C@H](O)CO)O[C@@H]32)cc1. The van der Waals surface area contributed by atoms with Crippen molar-refractivity contribution in [2.24, 2.45) is 4.99 Å². The summed E-state index contributed by atoms with van der Waals surface area (Å²) in [4.78, 5) is 6.26. The Morgan fingerprint density at radius 3 is 2.67 bits per heavy atom. The summed E-state index contributed by atoms with van der Waals surface area (Å²) in [7, 11) is 0. The van der Waals surface area contributed by atoms with Gasteiger partial charge in [0.25, 0.3) is 0 Å². The molecular weight excluding hydrogens is 339 g/mol. The van der Waals surface area contributed by atoms with Crippen LogP contribution in [-0.2, 0) is 4.74 Å². The van der Waals surface area contributed by atoms with Crippen LogP contribution in [0.15, 0.2) is 29.3 Å². The van der Waals surface area contributed by atoms with Gasteiger partial charge in [0.1, 0.15) is 0 Å². The fourth-order valence-electron chi connectivity index (χ4n) is 2.72. The molecule has 1 aromatic rings. The summed E-state index contributed by atoms with van der Waals surface area (Å²) in [5.41, 5.74) is 2.05. The van der Waals surface area contributed by atoms with Crippen molar-refractivity contribution in [3.8, 4) is 0 Å². The predicted octanol–water partition coefficient (Wildman–Crippen LogP) is -0.853. The molecule has 0 amide bonds. The monoisotopic (exact) mass is 357 g/mol. The minimum atomic E-state index is -1.12. The molecule has 1 saturated heterocycles. The van der Waals surface area contributed by atoms with Gasteiger partial charge in [0.2, 0.25) is 0 Å². The summed E-state index contributed by atoms with van der Waals surface area (Å²) in [5.74, 6) is 0. The average Bonchev–Trinajstić information content (AvgIpc) is 2.96. The van der Waals surface area contributed by atoms with Gasteiger partial charge >= 0.3 is 130 Å². The number of aliphatic imine (C=N–C) groups is 1. The quantitative estimate of drug-likeness (QED) is 0.615. The molecule has 0 spiro atoms. The number of aryl methyl sites for hydroxylation is 1. The van der Waals surface area contributed by atoms with Crippen molar-refractivity contribution in [1.82, 2.24) is 0 Å². The molecule has 3 N–H and O–H groups in total. The third-order valence-corrected chi connectivity index (χ3v) is 4.51. The van der Waals surface area contributed by atoms with Crippen LogP contribution in [0.5, 0.6) is 0 Å². The van der Waals surface area contributed by atoms with E-state index >= 15 is 0 Å². The van der Waals surface area contributed by atoms with Crippen LogP contribution in [0.4, 0.5) is 5.69 Å². The molecule has 7 heteroatoms. The predicted molar refractivity (Wildman–Crippen MR) is 78.4 cm³/mol. The van der Waals surface area contributed by atoms with Gasteiger partial charge in [-0.2, -0.15) is 0 Å². The van der Waals surface area contributed by atoms with Crippen LogP contribution in [0.1, 0.15) is 5.56 Å². The number of nitrogens with zero attached hydrogens (tertiary/aromatic N) is 2. The minimum absolute atomic E-state index is 0.458. The first-order valence-corrected chi connectivity index (χ1v) is 7.61. The Bertz CT molecular complexity index is 550. The molecule has 2 aliphatic heterocycles. The number of benzene rings is 1. The van der Waals surface area contributed by atoms with E-state index in [1.165, 1.54) is 0 Å². The van der Waals surface area contributed by atoms with Gasteiger partial charge in [0.05, 0.1) is 0 Å². The van der Waals surface area contributed by atoms with Crippen LogP contribution in [-0.4, -0.2) is 73.3 Å². The van der Waals surface area contributed by atoms with E-state index in [0.717, 1.165) is 11.3 Å². The maximum atomic E-state index is 10.2. The Morgan fingerprint density at radius 1 is 1.38 bits per heavy atom. The molecule has 1 aromatic carbocycles. The number of fused-ring (bicyclic) bond motifs is 1. The molecule has 2 aliphatic rings. The first-order valence-electron chi connectivity index (χ1n) is 6.76. The first-order chi connectivity index (χ1) is 10.0. The fraction of sp³-hybridized carbons (Fsp3) is 0.500. The summed E-state index contributed by atoms with van der Waals surface area (Å²) in [6.07, 6.45) is -3.39. The number of hydrogen-bond donors (Lipinski definition) is 3. The van der Waals surface area contributed by atoms with Crippen molar-refractivity contribution in [2.45, 2.75) is 37.5 Å². The van der Waals surface area contributed by atoms with Gasteiger partial charge in [0.15, 0.2) is 0 Å². The summed E-state index contributed by atoms with van der Waals surface area (Å²) in [6, 6.07) is 7.41. The number of anilines is 1. The van der Waals surface area contributed by atoms with Gasteiger partial charge in [-0.05, 0) is 0 Å². The van der Waals surface area contributed by atoms with Crippen molar-refractivity contribution in [2.75, 3.05) is 11.5 Å². The van der Waals surface area contributed by atoms with Crippen LogP contribution in [0.25, 0.3) is 0 Å². The zero-order valence-electron chi connectivity index (χ0n) is 11.5. The number of hydrogen-bond acceptors (Lipinski definition) is 6. The number of amidine groups is 1. The van der Waals surface area contributed by atoms with Gasteiger partial charge in [-0.25, -0.2) is 0 Å². The maximum absolute atomic E-state index is 10.2. The molecule has 0 unspecified atom stereocenters. The zero-order chi connectivity index (χ0) is 15.1. The number of aliphatic hydroxyl groups excluding tert-OH is 3. The molecule has 0 bridgehead atoms. The van der Waals surface area contributed by atoms with Gasteiger partial charge in [-0.15, -0.1) is 0 Å². The second-order valence-corrected chi connectivity index (χ2v) is 6.11. The summed E-state index contributed by atoms with van der Waals surface area (Å²) >= 11 is 2.88. The van der Waals surface area contributed by atoms with Crippen LogP contribution in [0.3, 0.4) is 0 Å². The van der Waals surface area contributed by atoms with Crippen LogP contribution in [0.2, 0.25) is 0 Å².